The van der Waals surface area contributed by atoms with E-state index in [4.69, 9.17) is 23.2 Å². The maximum atomic E-state index is 6.13. The molecule has 0 aliphatic rings. The van der Waals surface area contributed by atoms with Gasteiger partial charge in [-0.3, -0.25) is 0 Å². The van der Waals surface area contributed by atoms with Crippen molar-refractivity contribution in [2.45, 2.75) is 20.3 Å². The molecule has 0 aromatic carbocycles. The quantitative estimate of drug-likeness (QED) is 0.673. The minimum absolute atomic E-state index is 0.445. The van der Waals surface area contributed by atoms with Crippen LogP contribution in [0.4, 0.5) is 0 Å². The molecule has 6 heteroatoms. The molecule has 0 saturated carbocycles. The summed E-state index contributed by atoms with van der Waals surface area (Å²) in [6, 6.07) is 1.85. The Balaban J connectivity index is 2.46. The second-order valence-corrected chi connectivity index (χ2v) is 6.82. The largest absolute Gasteiger partial charge is 0.231 e. The molecule has 2 heterocycles. The molecule has 2 rings (SSSR count). The molecule has 2 aromatic heterocycles. The Labute approximate surface area is 129 Å². The van der Waals surface area contributed by atoms with Gasteiger partial charge in [-0.05, 0) is 34.3 Å². The number of hydrogen-bond donors (Lipinski definition) is 0. The number of aromatic nitrogens is 2. The van der Waals surface area contributed by atoms with E-state index >= 15 is 0 Å². The van der Waals surface area contributed by atoms with Crippen molar-refractivity contribution in [2.75, 3.05) is 0 Å². The third kappa shape index (κ3) is 3.23. The van der Waals surface area contributed by atoms with Gasteiger partial charge in [0.25, 0.3) is 0 Å². The molecule has 0 N–H and O–H groups in total. The zero-order chi connectivity index (χ0) is 13.3. The van der Waals surface area contributed by atoms with E-state index in [0.29, 0.717) is 21.9 Å². The number of thiophene rings is 1. The Hall–Kier alpha value is -0.160. The Kier molecular flexibility index (Phi) is 4.64. The Morgan fingerprint density at radius 3 is 2.61 bits per heavy atom. The average molecular weight is 366 g/mol. The van der Waals surface area contributed by atoms with Crippen LogP contribution in [-0.4, -0.2) is 9.97 Å². The zero-order valence-corrected chi connectivity index (χ0v) is 13.8. The highest BCUT2D eigenvalue weighted by Crippen LogP contribution is 2.32. The molecule has 0 bridgehead atoms. The van der Waals surface area contributed by atoms with Gasteiger partial charge in [0.15, 0.2) is 5.82 Å². The van der Waals surface area contributed by atoms with Gasteiger partial charge < -0.3 is 0 Å². The molecule has 0 amide bonds. The van der Waals surface area contributed by atoms with E-state index < -0.39 is 0 Å². The first-order valence-corrected chi connectivity index (χ1v) is 7.86. The van der Waals surface area contributed by atoms with Gasteiger partial charge in [-0.25, -0.2) is 9.97 Å². The molecule has 18 heavy (non-hydrogen) atoms. The lowest BCUT2D eigenvalue weighted by atomic mass is 10.1. The maximum absolute atomic E-state index is 6.13. The highest BCUT2D eigenvalue weighted by Gasteiger charge is 2.14. The number of rotatable bonds is 3. The van der Waals surface area contributed by atoms with Crippen LogP contribution in [0.2, 0.25) is 10.2 Å². The third-order valence-electron chi connectivity index (χ3n) is 2.27. The SMILES string of the molecule is CC(C)Cc1nc(-c2cc(Cl)cs2)nc(Cl)c1Br. The van der Waals surface area contributed by atoms with E-state index in [1.807, 2.05) is 11.4 Å². The van der Waals surface area contributed by atoms with Gasteiger partial charge in [-0.1, -0.05) is 37.0 Å². The fraction of sp³-hybridized carbons (Fsp3) is 0.333. The van der Waals surface area contributed by atoms with Crippen LogP contribution in [0.25, 0.3) is 10.7 Å². The van der Waals surface area contributed by atoms with E-state index in [9.17, 15) is 0 Å². The van der Waals surface area contributed by atoms with Crippen LogP contribution < -0.4 is 0 Å². The summed E-state index contributed by atoms with van der Waals surface area (Å²) in [5, 5.41) is 3.00. The summed E-state index contributed by atoms with van der Waals surface area (Å²) >= 11 is 17.0. The fourth-order valence-corrected chi connectivity index (χ4v) is 3.06. The van der Waals surface area contributed by atoms with Crippen molar-refractivity contribution >= 4 is 50.5 Å². The monoisotopic (exact) mass is 364 g/mol. The van der Waals surface area contributed by atoms with Crippen molar-refractivity contribution in [2.24, 2.45) is 5.92 Å². The maximum Gasteiger partial charge on any atom is 0.171 e. The fourth-order valence-electron chi connectivity index (χ4n) is 1.53. The van der Waals surface area contributed by atoms with E-state index in [-0.39, 0.29) is 0 Å². The first-order valence-electron chi connectivity index (χ1n) is 5.43. The van der Waals surface area contributed by atoms with Gasteiger partial charge in [0.2, 0.25) is 0 Å². The van der Waals surface area contributed by atoms with Gasteiger partial charge in [0.1, 0.15) is 5.15 Å². The summed E-state index contributed by atoms with van der Waals surface area (Å²) in [7, 11) is 0. The summed E-state index contributed by atoms with van der Waals surface area (Å²) in [5.74, 6) is 1.14. The summed E-state index contributed by atoms with van der Waals surface area (Å²) in [6.07, 6.45) is 0.856. The highest BCUT2D eigenvalue weighted by atomic mass is 79.9. The van der Waals surface area contributed by atoms with Crippen molar-refractivity contribution in [3.05, 3.63) is 31.8 Å². The first kappa shape index (κ1) is 14.3. The van der Waals surface area contributed by atoms with E-state index in [1.54, 1.807) is 0 Å². The number of hydrogen-bond acceptors (Lipinski definition) is 3. The van der Waals surface area contributed by atoms with Crippen molar-refractivity contribution in [1.29, 1.82) is 0 Å². The van der Waals surface area contributed by atoms with E-state index in [2.05, 4.69) is 39.7 Å². The van der Waals surface area contributed by atoms with Crippen LogP contribution in [0, 0.1) is 5.92 Å². The van der Waals surface area contributed by atoms with Gasteiger partial charge in [-0.2, -0.15) is 0 Å². The molecule has 0 saturated heterocycles. The Bertz CT molecular complexity index is 569. The molecular weight excluding hydrogens is 355 g/mol. The van der Waals surface area contributed by atoms with Gasteiger partial charge in [0.05, 0.1) is 20.1 Å². The van der Waals surface area contributed by atoms with Crippen LogP contribution in [0.5, 0.6) is 0 Å². The van der Waals surface area contributed by atoms with Crippen LogP contribution >= 0.6 is 50.5 Å². The molecule has 0 aliphatic heterocycles. The minimum Gasteiger partial charge on any atom is -0.231 e. The van der Waals surface area contributed by atoms with Crippen LogP contribution in [0.3, 0.4) is 0 Å². The van der Waals surface area contributed by atoms with Crippen molar-refractivity contribution in [1.82, 2.24) is 9.97 Å². The molecule has 2 aromatic rings. The normalized spacial score (nSPS) is 11.2. The molecular formula is C12H11BrCl2N2S. The van der Waals surface area contributed by atoms with Crippen molar-refractivity contribution in [3.63, 3.8) is 0 Å². The van der Waals surface area contributed by atoms with E-state index in [0.717, 1.165) is 21.5 Å². The highest BCUT2D eigenvalue weighted by molar-refractivity contribution is 9.10. The lowest BCUT2D eigenvalue weighted by molar-refractivity contribution is 0.632. The summed E-state index contributed by atoms with van der Waals surface area (Å²) < 4.78 is 0.782. The molecule has 0 unspecified atom stereocenters. The Morgan fingerprint density at radius 1 is 1.33 bits per heavy atom. The smallest absolute Gasteiger partial charge is 0.171 e. The van der Waals surface area contributed by atoms with Gasteiger partial charge in [-0.15, -0.1) is 11.3 Å². The molecule has 0 radical (unpaired) electrons. The van der Waals surface area contributed by atoms with Crippen molar-refractivity contribution < 1.29 is 0 Å². The topological polar surface area (TPSA) is 25.8 Å². The molecule has 2 nitrogen and oxygen atoms in total. The summed E-state index contributed by atoms with van der Waals surface area (Å²) in [6.45, 7) is 4.29. The molecule has 0 aliphatic carbocycles. The molecule has 96 valence electrons. The lowest BCUT2D eigenvalue weighted by Gasteiger charge is -2.09. The summed E-state index contributed by atoms with van der Waals surface area (Å²) in [4.78, 5) is 9.78. The Morgan fingerprint density at radius 2 is 2.06 bits per heavy atom. The third-order valence-corrected chi connectivity index (χ3v) is 4.88. The number of nitrogens with zero attached hydrogens (tertiary/aromatic N) is 2. The average Bonchev–Trinajstić information content (AvgIpc) is 2.70. The predicted octanol–water partition coefficient (Wildman–Crippen LogP) is 5.47. The first-order chi connectivity index (χ1) is 8.47. The molecule has 0 atom stereocenters. The second-order valence-electron chi connectivity index (χ2n) is 4.33. The van der Waals surface area contributed by atoms with Gasteiger partial charge in [0, 0.05) is 5.38 Å². The second kappa shape index (κ2) is 5.87. The lowest BCUT2D eigenvalue weighted by Crippen LogP contribution is -2.02. The van der Waals surface area contributed by atoms with Crippen LogP contribution in [0.15, 0.2) is 15.9 Å². The molecule has 0 spiro atoms. The number of halogens is 3. The van der Waals surface area contributed by atoms with Crippen LogP contribution in [-0.2, 0) is 6.42 Å². The summed E-state index contributed by atoms with van der Waals surface area (Å²) in [5.41, 5.74) is 0.935. The van der Waals surface area contributed by atoms with E-state index in [1.165, 1.54) is 11.3 Å². The zero-order valence-electron chi connectivity index (χ0n) is 9.88. The minimum atomic E-state index is 0.445. The van der Waals surface area contributed by atoms with Gasteiger partial charge >= 0.3 is 0 Å². The van der Waals surface area contributed by atoms with Crippen molar-refractivity contribution in [3.8, 4) is 10.7 Å². The predicted molar refractivity (Wildman–Crippen MR) is 81.6 cm³/mol. The van der Waals surface area contributed by atoms with Crippen LogP contribution in [0.1, 0.15) is 19.5 Å². The molecule has 0 fully saturated rings. The standard InChI is InChI=1S/C12H11BrCl2N2S/c1-6(2)3-8-10(13)11(15)17-12(16-8)9-4-7(14)5-18-9/h4-6H,3H2,1-2H3.